The molecule has 0 N–H and O–H groups in total. The van der Waals surface area contributed by atoms with E-state index in [0.717, 1.165) is 15.9 Å². The third kappa shape index (κ3) is 3.36. The maximum atomic E-state index is 13.5. The first-order valence-electron chi connectivity index (χ1n) is 7.82. The molecule has 2 fully saturated rings. The second-order valence-electron chi connectivity index (χ2n) is 6.55. The normalized spacial score (nSPS) is 27.0. The van der Waals surface area contributed by atoms with Gasteiger partial charge in [0.05, 0.1) is 5.56 Å². The molecule has 0 bridgehead atoms. The topological polar surface area (TPSA) is 40.6 Å². The van der Waals surface area contributed by atoms with Gasteiger partial charge < -0.3 is 9.80 Å². The molecule has 1 saturated carbocycles. The second kappa shape index (κ2) is 6.39. The van der Waals surface area contributed by atoms with E-state index in [1.165, 1.54) is 7.05 Å². The average molecular weight is 448 g/mol. The molecule has 1 aliphatic heterocycles. The number of amides is 2. The van der Waals surface area contributed by atoms with Crippen molar-refractivity contribution >= 4 is 52.3 Å². The molecule has 2 atom stereocenters. The first-order chi connectivity index (χ1) is 12.3. The van der Waals surface area contributed by atoms with Gasteiger partial charge >= 0.3 is 6.18 Å². The Labute approximate surface area is 166 Å². The summed E-state index contributed by atoms with van der Waals surface area (Å²) in [5.74, 6) is -2.66. The predicted molar refractivity (Wildman–Crippen MR) is 92.6 cm³/mol. The highest BCUT2D eigenvalue weighted by Crippen LogP contribution is 2.62. The zero-order valence-corrected chi connectivity index (χ0v) is 16.1. The number of hydrogen-bond donors (Lipinski definition) is 0. The minimum Gasteiger partial charge on any atom is -0.332 e. The van der Waals surface area contributed by atoms with Crippen LogP contribution < -0.4 is 4.90 Å². The Morgan fingerprint density at radius 1 is 1.30 bits per heavy atom. The number of rotatable bonds is 3. The molecule has 0 radical (unpaired) electrons. The minimum absolute atomic E-state index is 0.0192. The van der Waals surface area contributed by atoms with Crippen molar-refractivity contribution in [3.05, 3.63) is 29.6 Å². The molecule has 2 amide bonds. The molecule has 0 spiro atoms. The van der Waals surface area contributed by atoms with Crippen LogP contribution in [0.1, 0.15) is 18.4 Å². The molecule has 148 valence electrons. The first-order valence-corrected chi connectivity index (χ1v) is 8.95. The van der Waals surface area contributed by atoms with Crippen LogP contribution >= 0.6 is 34.8 Å². The number of nitrogens with zero attached hydrogens (tertiary/aromatic N) is 2. The van der Waals surface area contributed by atoms with Gasteiger partial charge in [-0.25, -0.2) is 4.39 Å². The Bertz CT molecular complexity index is 817. The summed E-state index contributed by atoms with van der Waals surface area (Å²) in [6.45, 7) is 0.0617. The van der Waals surface area contributed by atoms with Crippen molar-refractivity contribution in [1.29, 1.82) is 0 Å². The fourth-order valence-corrected chi connectivity index (χ4v) is 4.13. The summed E-state index contributed by atoms with van der Waals surface area (Å²) in [6.07, 6.45) is -4.70. The average Bonchev–Trinajstić information content (AvgIpc) is 2.88. The third-order valence-electron chi connectivity index (χ3n) is 4.79. The fraction of sp³-hybridized carbons (Fsp3) is 0.500. The molecule has 2 unspecified atom stereocenters. The maximum Gasteiger partial charge on any atom is 0.419 e. The number of likely N-dealkylation sites (N-methyl/N-ethyl adjacent to an activating group) is 1. The smallest absolute Gasteiger partial charge is 0.332 e. The summed E-state index contributed by atoms with van der Waals surface area (Å²) < 4.78 is 50.7. The highest BCUT2D eigenvalue weighted by molar-refractivity contribution is 6.62. The zero-order chi connectivity index (χ0) is 20.4. The van der Waals surface area contributed by atoms with E-state index in [1.807, 2.05) is 0 Å². The van der Waals surface area contributed by atoms with Crippen LogP contribution in [0.3, 0.4) is 0 Å². The summed E-state index contributed by atoms with van der Waals surface area (Å²) in [6, 6.07) is 1.38. The summed E-state index contributed by atoms with van der Waals surface area (Å²) >= 11 is 17.9. The van der Waals surface area contributed by atoms with Gasteiger partial charge in [-0.2, -0.15) is 13.2 Å². The Kier molecular flexibility index (Phi) is 4.85. The largest absolute Gasteiger partial charge is 0.419 e. The quantitative estimate of drug-likeness (QED) is 0.520. The van der Waals surface area contributed by atoms with Crippen LogP contribution in [-0.4, -0.2) is 45.6 Å². The number of anilines is 1. The van der Waals surface area contributed by atoms with Crippen molar-refractivity contribution in [2.45, 2.75) is 34.3 Å². The van der Waals surface area contributed by atoms with Gasteiger partial charge in [0.1, 0.15) is 16.2 Å². The first kappa shape index (κ1) is 20.5. The number of benzene rings is 1. The van der Waals surface area contributed by atoms with Crippen molar-refractivity contribution in [3.63, 3.8) is 0 Å². The molecular weight excluding hydrogens is 435 g/mol. The Hall–Kier alpha value is -1.25. The number of hydrogen-bond acceptors (Lipinski definition) is 2. The molecule has 4 nitrogen and oxygen atoms in total. The molecule has 1 heterocycles. The molecule has 1 aliphatic carbocycles. The van der Waals surface area contributed by atoms with E-state index in [-0.39, 0.29) is 25.1 Å². The molecule has 1 aromatic carbocycles. The van der Waals surface area contributed by atoms with E-state index in [0.29, 0.717) is 12.1 Å². The van der Waals surface area contributed by atoms with E-state index in [1.54, 1.807) is 0 Å². The van der Waals surface area contributed by atoms with Gasteiger partial charge in [0.25, 0.3) is 0 Å². The van der Waals surface area contributed by atoms with Crippen molar-refractivity contribution in [2.24, 2.45) is 0 Å². The summed E-state index contributed by atoms with van der Waals surface area (Å²) in [7, 11) is 1.35. The van der Waals surface area contributed by atoms with Crippen LogP contribution in [0.15, 0.2) is 18.2 Å². The van der Waals surface area contributed by atoms with Crippen molar-refractivity contribution in [1.82, 2.24) is 4.90 Å². The monoisotopic (exact) mass is 446 g/mol. The molecule has 11 heteroatoms. The Balaban J connectivity index is 1.81. The summed E-state index contributed by atoms with van der Waals surface area (Å²) in [5.41, 5.74) is -1.57. The van der Waals surface area contributed by atoms with Gasteiger partial charge in [-0.05, 0) is 24.6 Å². The number of alkyl halides is 6. The highest BCUT2D eigenvalue weighted by Gasteiger charge is 2.72. The highest BCUT2D eigenvalue weighted by atomic mass is 35.5. The standard InChI is InChI=1S/C16H13Cl3F4N2O2/c1-24(13(27)14(17)7-15(14,18)19)11-4-5-25(12(11)26)8-2-3-10(20)9(6-8)16(21,22)23/h2-3,6,11H,4-5,7H2,1H3. The summed E-state index contributed by atoms with van der Waals surface area (Å²) in [5, 5.41) is 0. The number of halogens is 7. The van der Waals surface area contributed by atoms with Crippen molar-refractivity contribution in [3.8, 4) is 0 Å². The van der Waals surface area contributed by atoms with Crippen molar-refractivity contribution < 1.29 is 27.2 Å². The van der Waals surface area contributed by atoms with Gasteiger partial charge in [0.2, 0.25) is 11.8 Å². The molecule has 3 rings (SSSR count). The molecular formula is C16H13Cl3F4N2O2. The van der Waals surface area contributed by atoms with Crippen LogP contribution in [0, 0.1) is 5.82 Å². The zero-order valence-electron chi connectivity index (χ0n) is 13.8. The van der Waals surface area contributed by atoms with Crippen LogP contribution in [-0.2, 0) is 15.8 Å². The molecule has 1 aromatic rings. The van der Waals surface area contributed by atoms with Crippen LogP contribution in [0.5, 0.6) is 0 Å². The lowest BCUT2D eigenvalue weighted by Gasteiger charge is -2.26. The van der Waals surface area contributed by atoms with E-state index in [4.69, 9.17) is 34.8 Å². The van der Waals surface area contributed by atoms with Crippen molar-refractivity contribution in [2.75, 3.05) is 18.5 Å². The lowest BCUT2D eigenvalue weighted by atomic mass is 10.1. The van der Waals surface area contributed by atoms with E-state index in [2.05, 4.69) is 0 Å². The minimum atomic E-state index is -4.89. The fourth-order valence-electron chi connectivity index (χ4n) is 3.09. The molecule has 0 aromatic heterocycles. The van der Waals surface area contributed by atoms with E-state index >= 15 is 0 Å². The van der Waals surface area contributed by atoms with E-state index in [9.17, 15) is 27.2 Å². The number of carbonyl (C=O) groups is 2. The van der Waals surface area contributed by atoms with Crippen LogP contribution in [0.4, 0.5) is 23.2 Å². The maximum absolute atomic E-state index is 13.5. The molecule has 1 saturated heterocycles. The summed E-state index contributed by atoms with van der Waals surface area (Å²) in [4.78, 5) is 25.8. The third-order valence-corrected chi connectivity index (χ3v) is 6.52. The number of carbonyl (C=O) groups excluding carboxylic acids is 2. The lowest BCUT2D eigenvalue weighted by molar-refractivity contribution is -0.140. The van der Waals surface area contributed by atoms with E-state index < -0.39 is 44.6 Å². The Morgan fingerprint density at radius 2 is 1.89 bits per heavy atom. The molecule has 27 heavy (non-hydrogen) atoms. The second-order valence-corrected chi connectivity index (χ2v) is 8.68. The lowest BCUT2D eigenvalue weighted by Crippen LogP contribution is -2.47. The van der Waals surface area contributed by atoms with Gasteiger partial charge in [-0.15, -0.1) is 11.6 Å². The van der Waals surface area contributed by atoms with Gasteiger partial charge in [-0.3, -0.25) is 9.59 Å². The predicted octanol–water partition coefficient (Wildman–Crippen LogP) is 3.96. The van der Waals surface area contributed by atoms with Gasteiger partial charge in [0, 0.05) is 25.7 Å². The van der Waals surface area contributed by atoms with Crippen LogP contribution in [0.2, 0.25) is 0 Å². The Morgan fingerprint density at radius 3 is 2.41 bits per heavy atom. The SMILES string of the molecule is CN(C(=O)C1(Cl)CC1(Cl)Cl)C1CCN(c2ccc(F)c(C(F)(F)F)c2)C1=O. The molecule has 2 aliphatic rings. The van der Waals surface area contributed by atoms with Crippen LogP contribution in [0.25, 0.3) is 0 Å². The van der Waals surface area contributed by atoms with Gasteiger partial charge in [-0.1, -0.05) is 23.2 Å². The van der Waals surface area contributed by atoms with Gasteiger partial charge in [0.15, 0.2) is 4.87 Å².